The van der Waals surface area contributed by atoms with Crippen molar-refractivity contribution in [2.45, 2.75) is 0 Å². The maximum atomic E-state index is 8.95. The van der Waals surface area contributed by atoms with E-state index in [1.165, 1.54) is 12.3 Å². The van der Waals surface area contributed by atoms with Crippen molar-refractivity contribution in [3.63, 3.8) is 0 Å². The molecule has 0 spiro atoms. The molecule has 0 aromatic carbocycles. The fourth-order valence-electron chi connectivity index (χ4n) is 1.29. The van der Waals surface area contributed by atoms with Crippen molar-refractivity contribution in [2.24, 2.45) is 0 Å². The van der Waals surface area contributed by atoms with Crippen LogP contribution in [0.25, 0.3) is 11.4 Å². The molecule has 4 nitrogen and oxygen atoms in total. The molecule has 2 heterocycles. The van der Waals surface area contributed by atoms with Crippen molar-refractivity contribution < 1.29 is 10.0 Å². The van der Waals surface area contributed by atoms with Crippen molar-refractivity contribution in [1.82, 2.24) is 9.97 Å². The number of pyridine rings is 2. The summed E-state index contributed by atoms with van der Waals surface area (Å²) in [6.45, 7) is 0. The summed E-state index contributed by atoms with van der Waals surface area (Å²) in [7, 11) is -1.57. The predicted molar refractivity (Wildman–Crippen MR) is 62.3 cm³/mol. The van der Waals surface area contributed by atoms with Gasteiger partial charge in [-0.05, 0) is 18.2 Å². The highest BCUT2D eigenvalue weighted by molar-refractivity contribution is 6.59. The molecule has 0 saturated carbocycles. The summed E-state index contributed by atoms with van der Waals surface area (Å²) >= 11 is 5.98. The third kappa shape index (κ3) is 2.22. The molecule has 2 N–H and O–H groups in total. The zero-order chi connectivity index (χ0) is 11.5. The van der Waals surface area contributed by atoms with Crippen LogP contribution in [0.15, 0.2) is 36.7 Å². The largest absolute Gasteiger partial charge is 0.490 e. The molecule has 16 heavy (non-hydrogen) atoms. The average molecular weight is 234 g/mol. The summed E-state index contributed by atoms with van der Waals surface area (Å²) in [5.41, 5.74) is 1.42. The Kier molecular flexibility index (Phi) is 3.19. The van der Waals surface area contributed by atoms with Crippen LogP contribution >= 0.6 is 11.6 Å². The number of halogens is 1. The minimum Gasteiger partial charge on any atom is -0.423 e. The first-order valence-corrected chi connectivity index (χ1v) is 4.99. The molecule has 0 aliphatic heterocycles. The minimum absolute atomic E-state index is 0.254. The van der Waals surface area contributed by atoms with Gasteiger partial charge in [-0.3, -0.25) is 9.97 Å². The number of aromatic nitrogens is 2. The lowest BCUT2D eigenvalue weighted by Crippen LogP contribution is -2.30. The maximum Gasteiger partial charge on any atom is 0.490 e. The SMILES string of the molecule is OB(O)c1cnc(-c2ccccn2)c(Cl)c1. The van der Waals surface area contributed by atoms with Crippen molar-refractivity contribution in [2.75, 3.05) is 0 Å². The van der Waals surface area contributed by atoms with Crippen LogP contribution in [0.1, 0.15) is 0 Å². The average Bonchev–Trinajstić information content (AvgIpc) is 2.30. The summed E-state index contributed by atoms with van der Waals surface area (Å²) in [6.07, 6.45) is 3.00. The van der Waals surface area contributed by atoms with E-state index in [0.29, 0.717) is 16.4 Å². The van der Waals surface area contributed by atoms with Gasteiger partial charge in [0.1, 0.15) is 5.69 Å². The smallest absolute Gasteiger partial charge is 0.423 e. The summed E-state index contributed by atoms with van der Waals surface area (Å²) < 4.78 is 0. The van der Waals surface area contributed by atoms with Gasteiger partial charge in [0.25, 0.3) is 0 Å². The first kappa shape index (κ1) is 11.1. The fourth-order valence-corrected chi connectivity index (χ4v) is 1.56. The van der Waals surface area contributed by atoms with E-state index < -0.39 is 7.12 Å². The van der Waals surface area contributed by atoms with E-state index in [9.17, 15) is 0 Å². The van der Waals surface area contributed by atoms with Crippen LogP contribution in [0.2, 0.25) is 5.02 Å². The lowest BCUT2D eigenvalue weighted by Gasteiger charge is -2.04. The lowest BCUT2D eigenvalue weighted by atomic mass is 9.81. The number of hydrogen-bond donors (Lipinski definition) is 2. The van der Waals surface area contributed by atoms with Gasteiger partial charge in [0.05, 0.1) is 10.7 Å². The zero-order valence-electron chi connectivity index (χ0n) is 8.21. The van der Waals surface area contributed by atoms with Gasteiger partial charge in [0, 0.05) is 17.9 Å². The monoisotopic (exact) mass is 234 g/mol. The topological polar surface area (TPSA) is 66.2 Å². The molecule has 0 bridgehead atoms. The molecule has 2 rings (SSSR count). The second kappa shape index (κ2) is 4.61. The minimum atomic E-state index is -1.57. The molecule has 0 atom stereocenters. The van der Waals surface area contributed by atoms with E-state index in [2.05, 4.69) is 9.97 Å². The first-order chi connectivity index (χ1) is 7.68. The standard InChI is InChI=1S/C10H8BClN2O2/c12-8-5-7(11(15)16)6-14-10(8)9-3-1-2-4-13-9/h1-6,15-16H. The van der Waals surface area contributed by atoms with Crippen LogP contribution in [0.5, 0.6) is 0 Å². The molecule has 0 aliphatic rings. The second-order valence-electron chi connectivity index (χ2n) is 3.19. The Morgan fingerprint density at radius 2 is 2.00 bits per heavy atom. The van der Waals surface area contributed by atoms with Crippen molar-refractivity contribution >= 4 is 24.2 Å². The molecule has 0 aliphatic carbocycles. The van der Waals surface area contributed by atoms with Crippen molar-refractivity contribution in [1.29, 1.82) is 0 Å². The molecule has 0 amide bonds. The van der Waals surface area contributed by atoms with E-state index in [1.807, 2.05) is 6.07 Å². The van der Waals surface area contributed by atoms with E-state index in [1.54, 1.807) is 18.3 Å². The highest BCUT2D eigenvalue weighted by atomic mass is 35.5. The summed E-state index contributed by atoms with van der Waals surface area (Å²) in [6, 6.07) is 6.87. The lowest BCUT2D eigenvalue weighted by molar-refractivity contribution is 0.425. The van der Waals surface area contributed by atoms with Gasteiger partial charge in [-0.25, -0.2) is 0 Å². The molecular formula is C10H8BClN2O2. The number of rotatable bonds is 2. The Hall–Kier alpha value is -1.43. The quantitative estimate of drug-likeness (QED) is 0.742. The summed E-state index contributed by atoms with van der Waals surface area (Å²) in [5, 5.41) is 18.2. The van der Waals surface area contributed by atoms with Crippen LogP contribution in [0.4, 0.5) is 0 Å². The Morgan fingerprint density at radius 1 is 1.19 bits per heavy atom. The zero-order valence-corrected chi connectivity index (χ0v) is 8.96. The fraction of sp³-hybridized carbons (Fsp3) is 0. The predicted octanol–water partition coefficient (Wildman–Crippen LogP) is 0.477. The van der Waals surface area contributed by atoms with E-state index in [-0.39, 0.29) is 5.46 Å². The highest BCUT2D eigenvalue weighted by Gasteiger charge is 2.14. The molecule has 0 fully saturated rings. The molecule has 6 heteroatoms. The maximum absolute atomic E-state index is 8.95. The van der Waals surface area contributed by atoms with Crippen molar-refractivity contribution in [3.8, 4) is 11.4 Å². The number of nitrogens with zero attached hydrogens (tertiary/aromatic N) is 2. The van der Waals surface area contributed by atoms with E-state index in [0.717, 1.165) is 0 Å². The molecule has 0 saturated heterocycles. The van der Waals surface area contributed by atoms with Gasteiger partial charge in [-0.15, -0.1) is 0 Å². The van der Waals surface area contributed by atoms with Crippen LogP contribution in [-0.2, 0) is 0 Å². The third-order valence-electron chi connectivity index (χ3n) is 2.07. The Balaban J connectivity index is 2.45. The summed E-state index contributed by atoms with van der Waals surface area (Å²) in [4.78, 5) is 8.17. The Bertz CT molecular complexity index is 493. The van der Waals surface area contributed by atoms with Crippen LogP contribution in [0.3, 0.4) is 0 Å². The normalized spacial score (nSPS) is 10.2. The molecule has 2 aromatic rings. The molecule has 0 unspecified atom stereocenters. The Labute approximate surface area is 97.7 Å². The van der Waals surface area contributed by atoms with E-state index in [4.69, 9.17) is 21.6 Å². The molecular weight excluding hydrogens is 226 g/mol. The van der Waals surface area contributed by atoms with Crippen LogP contribution in [0, 0.1) is 0 Å². The molecule has 2 aromatic heterocycles. The molecule has 80 valence electrons. The van der Waals surface area contributed by atoms with E-state index >= 15 is 0 Å². The van der Waals surface area contributed by atoms with Gasteiger partial charge in [-0.1, -0.05) is 17.7 Å². The number of hydrogen-bond acceptors (Lipinski definition) is 4. The summed E-state index contributed by atoms with van der Waals surface area (Å²) in [5.74, 6) is 0. The van der Waals surface area contributed by atoms with Gasteiger partial charge >= 0.3 is 7.12 Å². The van der Waals surface area contributed by atoms with Gasteiger partial charge in [0.2, 0.25) is 0 Å². The van der Waals surface area contributed by atoms with Gasteiger partial charge < -0.3 is 10.0 Å². The van der Waals surface area contributed by atoms with Crippen molar-refractivity contribution in [3.05, 3.63) is 41.7 Å². The van der Waals surface area contributed by atoms with Crippen LogP contribution < -0.4 is 5.46 Å². The first-order valence-electron chi connectivity index (χ1n) is 4.61. The van der Waals surface area contributed by atoms with Crippen LogP contribution in [-0.4, -0.2) is 27.1 Å². The van der Waals surface area contributed by atoms with Gasteiger partial charge in [-0.2, -0.15) is 0 Å². The Morgan fingerprint density at radius 3 is 2.56 bits per heavy atom. The third-order valence-corrected chi connectivity index (χ3v) is 2.36. The molecule has 0 radical (unpaired) electrons. The second-order valence-corrected chi connectivity index (χ2v) is 3.59. The highest BCUT2D eigenvalue weighted by Crippen LogP contribution is 2.21. The van der Waals surface area contributed by atoms with Gasteiger partial charge in [0.15, 0.2) is 0 Å².